The van der Waals surface area contributed by atoms with Crippen LogP contribution in [-0.2, 0) is 0 Å². The van der Waals surface area contributed by atoms with Gasteiger partial charge in [-0.15, -0.1) is 0 Å². The SMILES string of the molecule is Cc1c(-c2ccc(N)cc2)c(-c2ccc(N)cc2)c(C)c(-c2ccc(N)cc2)c1-c1ccc(N)cc1. The van der Waals surface area contributed by atoms with Crippen LogP contribution in [0.25, 0.3) is 44.5 Å². The molecule has 0 spiro atoms. The van der Waals surface area contributed by atoms with Crippen molar-refractivity contribution in [2.75, 3.05) is 22.9 Å². The van der Waals surface area contributed by atoms with Crippen molar-refractivity contribution in [2.24, 2.45) is 0 Å². The Kier molecular flexibility index (Phi) is 5.87. The summed E-state index contributed by atoms with van der Waals surface area (Å²) < 4.78 is 0. The number of hydrogen-bond acceptors (Lipinski definition) is 4. The first-order chi connectivity index (χ1) is 17.3. The Morgan fingerprint density at radius 2 is 0.472 bits per heavy atom. The molecule has 178 valence electrons. The third-order valence-electron chi connectivity index (χ3n) is 6.80. The van der Waals surface area contributed by atoms with Gasteiger partial charge in [-0.2, -0.15) is 0 Å². The minimum atomic E-state index is 0.736. The second kappa shape index (κ2) is 9.16. The summed E-state index contributed by atoms with van der Waals surface area (Å²) in [7, 11) is 0. The van der Waals surface area contributed by atoms with Gasteiger partial charge in [0.25, 0.3) is 0 Å². The lowest BCUT2D eigenvalue weighted by Gasteiger charge is -2.25. The molecule has 0 unspecified atom stereocenters. The molecule has 4 heteroatoms. The highest BCUT2D eigenvalue weighted by Gasteiger charge is 2.23. The van der Waals surface area contributed by atoms with E-state index >= 15 is 0 Å². The van der Waals surface area contributed by atoms with E-state index in [9.17, 15) is 0 Å². The van der Waals surface area contributed by atoms with Crippen LogP contribution in [-0.4, -0.2) is 0 Å². The van der Waals surface area contributed by atoms with E-state index in [1.165, 1.54) is 33.4 Å². The van der Waals surface area contributed by atoms with Gasteiger partial charge in [-0.05, 0) is 118 Å². The normalized spacial score (nSPS) is 10.9. The molecule has 0 heterocycles. The fraction of sp³-hybridized carbons (Fsp3) is 0.0625. The number of rotatable bonds is 4. The Morgan fingerprint density at radius 3 is 0.639 bits per heavy atom. The molecular formula is C32H30N4. The van der Waals surface area contributed by atoms with Gasteiger partial charge >= 0.3 is 0 Å². The molecule has 0 aromatic heterocycles. The summed E-state index contributed by atoms with van der Waals surface area (Å²) in [4.78, 5) is 0. The van der Waals surface area contributed by atoms with Crippen molar-refractivity contribution in [3.05, 3.63) is 108 Å². The first-order valence-corrected chi connectivity index (χ1v) is 11.9. The zero-order valence-corrected chi connectivity index (χ0v) is 20.5. The maximum Gasteiger partial charge on any atom is 0.0314 e. The molecule has 0 fully saturated rings. The molecule has 8 N–H and O–H groups in total. The average Bonchev–Trinajstić information content (AvgIpc) is 2.87. The van der Waals surface area contributed by atoms with Gasteiger partial charge in [-0.1, -0.05) is 48.5 Å². The van der Waals surface area contributed by atoms with E-state index < -0.39 is 0 Å². The quantitative estimate of drug-likeness (QED) is 0.207. The topological polar surface area (TPSA) is 104 Å². The third kappa shape index (κ3) is 4.14. The standard InChI is InChI=1S/C32H30N4/c1-19-29(21-3-11-25(33)12-4-21)31(23-7-15-27(35)16-8-23)20(2)32(24-9-17-28(36)18-10-24)30(19)22-5-13-26(34)14-6-22/h3-18H,33-36H2,1-2H3. The largest absolute Gasteiger partial charge is 0.399 e. The molecule has 0 saturated heterocycles. The van der Waals surface area contributed by atoms with Crippen molar-refractivity contribution >= 4 is 22.7 Å². The van der Waals surface area contributed by atoms with Crippen molar-refractivity contribution in [3.8, 4) is 44.5 Å². The molecule has 0 atom stereocenters. The second-order valence-electron chi connectivity index (χ2n) is 9.24. The lowest BCUT2D eigenvalue weighted by Crippen LogP contribution is -2.02. The highest BCUT2D eigenvalue weighted by molar-refractivity contribution is 6.01. The average molecular weight is 471 g/mol. The fourth-order valence-corrected chi connectivity index (χ4v) is 5.04. The minimum Gasteiger partial charge on any atom is -0.399 e. The number of benzene rings is 5. The van der Waals surface area contributed by atoms with E-state index in [0.29, 0.717) is 0 Å². The Morgan fingerprint density at radius 1 is 0.306 bits per heavy atom. The maximum absolute atomic E-state index is 6.05. The molecular weight excluding hydrogens is 440 g/mol. The Labute approximate surface area is 212 Å². The van der Waals surface area contributed by atoms with E-state index in [2.05, 4.69) is 62.4 Å². The van der Waals surface area contributed by atoms with E-state index in [1.54, 1.807) is 0 Å². The predicted octanol–water partition coefficient (Wildman–Crippen LogP) is 7.30. The van der Waals surface area contributed by atoms with Gasteiger partial charge in [0.05, 0.1) is 0 Å². The van der Waals surface area contributed by atoms with Gasteiger partial charge in [-0.3, -0.25) is 0 Å². The Balaban J connectivity index is 1.94. The summed E-state index contributed by atoms with van der Waals surface area (Å²) in [6, 6.07) is 32.3. The molecule has 4 nitrogen and oxygen atoms in total. The number of hydrogen-bond donors (Lipinski definition) is 4. The van der Waals surface area contributed by atoms with Crippen LogP contribution < -0.4 is 22.9 Å². The third-order valence-corrected chi connectivity index (χ3v) is 6.80. The highest BCUT2D eigenvalue weighted by Crippen LogP contribution is 2.48. The minimum absolute atomic E-state index is 0.736. The Hall–Kier alpha value is -4.70. The molecule has 0 bridgehead atoms. The first kappa shape index (κ1) is 23.1. The van der Waals surface area contributed by atoms with Crippen molar-refractivity contribution in [2.45, 2.75) is 13.8 Å². The van der Waals surface area contributed by atoms with Gasteiger partial charge in [0.1, 0.15) is 0 Å². The summed E-state index contributed by atoms with van der Waals surface area (Å²) in [5.41, 5.74) is 38.6. The van der Waals surface area contributed by atoms with Gasteiger partial charge in [0.15, 0.2) is 0 Å². The van der Waals surface area contributed by atoms with Crippen LogP contribution in [0.15, 0.2) is 97.1 Å². The van der Waals surface area contributed by atoms with Crippen LogP contribution in [0.5, 0.6) is 0 Å². The zero-order valence-electron chi connectivity index (χ0n) is 20.5. The smallest absolute Gasteiger partial charge is 0.0314 e. The number of nitrogen functional groups attached to an aromatic ring is 4. The van der Waals surface area contributed by atoms with Gasteiger partial charge in [0, 0.05) is 22.7 Å². The maximum atomic E-state index is 6.05. The van der Waals surface area contributed by atoms with Gasteiger partial charge < -0.3 is 22.9 Å². The van der Waals surface area contributed by atoms with E-state index in [0.717, 1.165) is 45.0 Å². The van der Waals surface area contributed by atoms with E-state index in [-0.39, 0.29) is 0 Å². The van der Waals surface area contributed by atoms with Crippen LogP contribution in [0.4, 0.5) is 22.7 Å². The van der Waals surface area contributed by atoms with Crippen LogP contribution in [0.3, 0.4) is 0 Å². The lowest BCUT2D eigenvalue weighted by molar-refractivity contribution is 1.38. The molecule has 0 aliphatic rings. The second-order valence-corrected chi connectivity index (χ2v) is 9.24. The molecule has 5 rings (SSSR count). The van der Waals surface area contributed by atoms with Gasteiger partial charge in [-0.25, -0.2) is 0 Å². The molecule has 0 aliphatic heterocycles. The molecule has 0 amide bonds. The molecule has 5 aromatic carbocycles. The predicted molar refractivity (Wildman–Crippen MR) is 155 cm³/mol. The monoisotopic (exact) mass is 470 g/mol. The van der Waals surface area contributed by atoms with E-state index in [1.807, 2.05) is 48.5 Å². The van der Waals surface area contributed by atoms with Crippen molar-refractivity contribution < 1.29 is 0 Å². The molecule has 0 radical (unpaired) electrons. The summed E-state index contributed by atoms with van der Waals surface area (Å²) in [6.07, 6.45) is 0. The highest BCUT2D eigenvalue weighted by atomic mass is 14.5. The van der Waals surface area contributed by atoms with Crippen molar-refractivity contribution in [3.63, 3.8) is 0 Å². The van der Waals surface area contributed by atoms with Crippen LogP contribution >= 0.6 is 0 Å². The first-order valence-electron chi connectivity index (χ1n) is 11.9. The summed E-state index contributed by atoms with van der Waals surface area (Å²) in [6.45, 7) is 4.39. The molecule has 5 aromatic rings. The van der Waals surface area contributed by atoms with Crippen LogP contribution in [0, 0.1) is 13.8 Å². The van der Waals surface area contributed by atoms with Crippen LogP contribution in [0.2, 0.25) is 0 Å². The summed E-state index contributed by atoms with van der Waals surface area (Å²) in [5, 5.41) is 0. The molecule has 0 saturated carbocycles. The summed E-state index contributed by atoms with van der Waals surface area (Å²) in [5.74, 6) is 0. The van der Waals surface area contributed by atoms with Crippen LogP contribution in [0.1, 0.15) is 11.1 Å². The molecule has 36 heavy (non-hydrogen) atoms. The lowest BCUT2D eigenvalue weighted by atomic mass is 9.78. The van der Waals surface area contributed by atoms with Crippen molar-refractivity contribution in [1.82, 2.24) is 0 Å². The Bertz CT molecular complexity index is 1300. The van der Waals surface area contributed by atoms with E-state index in [4.69, 9.17) is 22.9 Å². The zero-order chi connectivity index (χ0) is 25.4. The fourth-order valence-electron chi connectivity index (χ4n) is 5.04. The van der Waals surface area contributed by atoms with Crippen molar-refractivity contribution in [1.29, 1.82) is 0 Å². The molecule has 0 aliphatic carbocycles. The van der Waals surface area contributed by atoms with Gasteiger partial charge in [0.2, 0.25) is 0 Å². The number of anilines is 4. The number of nitrogens with two attached hydrogens (primary N) is 4. The summed E-state index contributed by atoms with van der Waals surface area (Å²) >= 11 is 0.